The van der Waals surface area contributed by atoms with Gasteiger partial charge in [0.1, 0.15) is 17.1 Å². The number of carbonyl (C=O) groups is 1. The van der Waals surface area contributed by atoms with E-state index in [0.29, 0.717) is 17.1 Å². The molecule has 116 valence electrons. The van der Waals surface area contributed by atoms with Gasteiger partial charge in [-0.1, -0.05) is 18.2 Å². The second kappa shape index (κ2) is 6.31. The lowest BCUT2D eigenvalue weighted by Gasteiger charge is -2.04. The molecule has 3 rings (SSSR count). The monoisotopic (exact) mass is 308 g/mol. The molecule has 0 bridgehead atoms. The predicted molar refractivity (Wildman–Crippen MR) is 88.0 cm³/mol. The van der Waals surface area contributed by atoms with Gasteiger partial charge >= 0.3 is 0 Å². The van der Waals surface area contributed by atoms with Crippen LogP contribution in [0.5, 0.6) is 5.75 Å². The smallest absolute Gasteiger partial charge is 0.290 e. The Balaban J connectivity index is 1.81. The molecule has 2 heterocycles. The fourth-order valence-electron chi connectivity index (χ4n) is 2.37. The van der Waals surface area contributed by atoms with Crippen LogP contribution in [0, 0.1) is 6.92 Å². The first-order chi connectivity index (χ1) is 11.2. The molecule has 0 saturated heterocycles. The van der Waals surface area contributed by atoms with Crippen molar-refractivity contribution in [3.63, 3.8) is 0 Å². The van der Waals surface area contributed by atoms with Gasteiger partial charge in [-0.15, -0.1) is 0 Å². The van der Waals surface area contributed by atoms with Crippen LogP contribution in [-0.4, -0.2) is 28.6 Å². The van der Waals surface area contributed by atoms with Crippen molar-refractivity contribution >= 4 is 17.8 Å². The molecule has 6 nitrogen and oxygen atoms in total. The van der Waals surface area contributed by atoms with E-state index in [1.165, 1.54) is 0 Å². The average Bonchev–Trinajstić information content (AvgIpc) is 2.91. The minimum absolute atomic E-state index is 0.313. The SMILES string of the molecule is COc1ccccc1/C=N\NC(=O)c1c(C)nc2ccccn12. The zero-order chi connectivity index (χ0) is 16.2. The van der Waals surface area contributed by atoms with Gasteiger partial charge in [0.25, 0.3) is 5.91 Å². The van der Waals surface area contributed by atoms with E-state index in [-0.39, 0.29) is 5.91 Å². The van der Waals surface area contributed by atoms with Crippen LogP contribution < -0.4 is 10.2 Å². The minimum Gasteiger partial charge on any atom is -0.496 e. The molecule has 1 amide bonds. The zero-order valence-corrected chi connectivity index (χ0v) is 12.9. The van der Waals surface area contributed by atoms with E-state index in [4.69, 9.17) is 4.74 Å². The minimum atomic E-state index is -0.313. The Morgan fingerprint density at radius 3 is 2.87 bits per heavy atom. The third-order valence-electron chi connectivity index (χ3n) is 3.43. The molecular formula is C17H16N4O2. The Bertz CT molecular complexity index is 883. The number of hydrazone groups is 1. The van der Waals surface area contributed by atoms with Crippen molar-refractivity contribution < 1.29 is 9.53 Å². The summed E-state index contributed by atoms with van der Waals surface area (Å²) in [6.45, 7) is 1.80. The maximum Gasteiger partial charge on any atom is 0.290 e. The quantitative estimate of drug-likeness (QED) is 0.594. The number of pyridine rings is 1. The van der Waals surface area contributed by atoms with E-state index in [0.717, 1.165) is 11.2 Å². The molecule has 0 spiro atoms. The molecule has 6 heteroatoms. The van der Waals surface area contributed by atoms with Gasteiger partial charge in [0.15, 0.2) is 0 Å². The summed E-state index contributed by atoms with van der Waals surface area (Å²) >= 11 is 0. The molecule has 1 N–H and O–H groups in total. The first-order valence-corrected chi connectivity index (χ1v) is 7.11. The standard InChI is InChI=1S/C17H16N4O2/c1-12-16(21-10-6-5-9-15(21)19-12)17(22)20-18-11-13-7-3-4-8-14(13)23-2/h3-11H,1-2H3,(H,20,22)/b18-11-. The molecule has 0 aliphatic heterocycles. The largest absolute Gasteiger partial charge is 0.496 e. The lowest BCUT2D eigenvalue weighted by molar-refractivity contribution is 0.0948. The number of amides is 1. The third kappa shape index (κ3) is 2.91. The van der Waals surface area contributed by atoms with Crippen molar-refractivity contribution in [1.29, 1.82) is 0 Å². The summed E-state index contributed by atoms with van der Waals surface area (Å²) in [6, 6.07) is 13.0. The first kappa shape index (κ1) is 14.8. The molecule has 0 unspecified atom stereocenters. The predicted octanol–water partition coefficient (Wildman–Crippen LogP) is 2.42. The highest BCUT2D eigenvalue weighted by molar-refractivity contribution is 5.95. The van der Waals surface area contributed by atoms with Crippen LogP contribution in [0.15, 0.2) is 53.8 Å². The Morgan fingerprint density at radius 1 is 1.26 bits per heavy atom. The van der Waals surface area contributed by atoms with E-state index < -0.39 is 0 Å². The molecule has 0 aliphatic carbocycles. The molecule has 0 aliphatic rings. The highest BCUT2D eigenvalue weighted by Gasteiger charge is 2.15. The molecule has 23 heavy (non-hydrogen) atoms. The average molecular weight is 308 g/mol. The normalized spacial score (nSPS) is 11.0. The highest BCUT2D eigenvalue weighted by Crippen LogP contribution is 2.15. The third-order valence-corrected chi connectivity index (χ3v) is 3.43. The number of nitrogens with zero attached hydrogens (tertiary/aromatic N) is 3. The Kier molecular flexibility index (Phi) is 4.05. The van der Waals surface area contributed by atoms with Crippen LogP contribution in [0.1, 0.15) is 21.7 Å². The van der Waals surface area contributed by atoms with Crippen molar-refractivity contribution in [1.82, 2.24) is 14.8 Å². The zero-order valence-electron chi connectivity index (χ0n) is 12.9. The van der Waals surface area contributed by atoms with E-state index in [1.54, 1.807) is 30.8 Å². The van der Waals surface area contributed by atoms with E-state index in [2.05, 4.69) is 15.5 Å². The summed E-state index contributed by atoms with van der Waals surface area (Å²) in [4.78, 5) is 16.7. The fraction of sp³-hybridized carbons (Fsp3) is 0.118. The molecule has 0 saturated carbocycles. The fourth-order valence-corrected chi connectivity index (χ4v) is 2.37. The summed E-state index contributed by atoms with van der Waals surface area (Å²) in [7, 11) is 1.59. The van der Waals surface area contributed by atoms with Crippen molar-refractivity contribution in [2.24, 2.45) is 5.10 Å². The molecule has 0 atom stereocenters. The van der Waals surface area contributed by atoms with Crippen molar-refractivity contribution in [2.45, 2.75) is 6.92 Å². The van der Waals surface area contributed by atoms with Gasteiger partial charge in [0.05, 0.1) is 19.0 Å². The Hall–Kier alpha value is -3.15. The topological polar surface area (TPSA) is 68.0 Å². The number of aryl methyl sites for hydroxylation is 1. The number of rotatable bonds is 4. The summed E-state index contributed by atoms with van der Waals surface area (Å²) in [6.07, 6.45) is 3.35. The Morgan fingerprint density at radius 2 is 2.04 bits per heavy atom. The summed E-state index contributed by atoms with van der Waals surface area (Å²) in [5.74, 6) is 0.379. The van der Waals surface area contributed by atoms with Crippen LogP contribution in [-0.2, 0) is 0 Å². The molecule has 0 fully saturated rings. The number of imidazole rings is 1. The van der Waals surface area contributed by atoms with Crippen LogP contribution in [0.25, 0.3) is 5.65 Å². The highest BCUT2D eigenvalue weighted by atomic mass is 16.5. The number of hydrogen-bond donors (Lipinski definition) is 1. The first-order valence-electron chi connectivity index (χ1n) is 7.11. The van der Waals surface area contributed by atoms with Gasteiger partial charge in [0, 0.05) is 11.8 Å². The number of fused-ring (bicyclic) bond motifs is 1. The second-order valence-corrected chi connectivity index (χ2v) is 4.92. The number of methoxy groups -OCH3 is 1. The number of aromatic nitrogens is 2. The van der Waals surface area contributed by atoms with Crippen LogP contribution in [0.4, 0.5) is 0 Å². The lowest BCUT2D eigenvalue weighted by atomic mass is 10.2. The molecule has 0 radical (unpaired) electrons. The number of hydrogen-bond acceptors (Lipinski definition) is 4. The van der Waals surface area contributed by atoms with Gasteiger partial charge in [-0.2, -0.15) is 5.10 Å². The van der Waals surface area contributed by atoms with E-state index in [1.807, 2.05) is 42.5 Å². The maximum atomic E-state index is 12.4. The summed E-state index contributed by atoms with van der Waals surface area (Å²) < 4.78 is 6.97. The number of carbonyl (C=O) groups excluding carboxylic acids is 1. The van der Waals surface area contributed by atoms with Crippen molar-refractivity contribution in [2.75, 3.05) is 7.11 Å². The van der Waals surface area contributed by atoms with Gasteiger partial charge in [-0.25, -0.2) is 10.4 Å². The lowest BCUT2D eigenvalue weighted by Crippen LogP contribution is -2.20. The number of para-hydroxylation sites is 1. The molecule has 2 aromatic heterocycles. The van der Waals surface area contributed by atoms with Crippen LogP contribution in [0.3, 0.4) is 0 Å². The second-order valence-electron chi connectivity index (χ2n) is 4.92. The van der Waals surface area contributed by atoms with E-state index >= 15 is 0 Å². The molecule has 1 aromatic carbocycles. The number of benzene rings is 1. The number of ether oxygens (including phenoxy) is 1. The molecule has 3 aromatic rings. The Labute approximate surface area is 133 Å². The van der Waals surface area contributed by atoms with Gasteiger partial charge < -0.3 is 4.74 Å². The van der Waals surface area contributed by atoms with Crippen LogP contribution in [0.2, 0.25) is 0 Å². The van der Waals surface area contributed by atoms with Gasteiger partial charge in [0.2, 0.25) is 0 Å². The van der Waals surface area contributed by atoms with E-state index in [9.17, 15) is 4.79 Å². The van der Waals surface area contributed by atoms with Crippen molar-refractivity contribution in [3.05, 3.63) is 65.6 Å². The van der Waals surface area contributed by atoms with Gasteiger partial charge in [-0.05, 0) is 31.2 Å². The summed E-state index contributed by atoms with van der Waals surface area (Å²) in [5.41, 5.74) is 5.16. The maximum absolute atomic E-state index is 12.4. The van der Waals surface area contributed by atoms with Gasteiger partial charge in [-0.3, -0.25) is 9.20 Å². The number of nitrogens with one attached hydrogen (secondary N) is 1. The summed E-state index contributed by atoms with van der Waals surface area (Å²) in [5, 5.41) is 4.01. The van der Waals surface area contributed by atoms with Crippen LogP contribution >= 0.6 is 0 Å². The molecular weight excluding hydrogens is 292 g/mol. The van der Waals surface area contributed by atoms with Crippen molar-refractivity contribution in [3.8, 4) is 5.75 Å².